The van der Waals surface area contributed by atoms with E-state index < -0.39 is 6.04 Å². The third-order valence-electron chi connectivity index (χ3n) is 4.09. The zero-order valence-electron chi connectivity index (χ0n) is 14.2. The Bertz CT molecular complexity index is 853. The number of nitrogens with one attached hydrogen (secondary N) is 3. The summed E-state index contributed by atoms with van der Waals surface area (Å²) in [6.07, 6.45) is 2.28. The molecule has 0 aliphatic carbocycles. The predicted molar refractivity (Wildman–Crippen MR) is 102 cm³/mol. The largest absolute Gasteiger partial charge is 0.340 e. The van der Waals surface area contributed by atoms with Gasteiger partial charge in [0.1, 0.15) is 6.04 Å². The van der Waals surface area contributed by atoms with Crippen molar-refractivity contribution >= 4 is 40.9 Å². The van der Waals surface area contributed by atoms with Gasteiger partial charge >= 0.3 is 0 Å². The van der Waals surface area contributed by atoms with Gasteiger partial charge in [0, 0.05) is 11.3 Å². The van der Waals surface area contributed by atoms with E-state index in [9.17, 15) is 14.4 Å². The van der Waals surface area contributed by atoms with Crippen LogP contribution in [0.25, 0.3) is 0 Å². The molecule has 0 saturated carbocycles. The maximum absolute atomic E-state index is 12.3. The Morgan fingerprint density at radius 2 is 1.85 bits per heavy atom. The summed E-state index contributed by atoms with van der Waals surface area (Å²) in [6, 6.07) is 13.6. The summed E-state index contributed by atoms with van der Waals surface area (Å²) in [5, 5.41) is 8.28. The van der Waals surface area contributed by atoms with Crippen LogP contribution in [0.2, 0.25) is 0 Å². The number of hydrogen-bond donors (Lipinski definition) is 3. The molecular formula is C19H19N3O3S. The zero-order chi connectivity index (χ0) is 18.5. The van der Waals surface area contributed by atoms with E-state index in [1.165, 1.54) is 0 Å². The highest BCUT2D eigenvalue weighted by Gasteiger charge is 2.27. The van der Waals surface area contributed by atoms with E-state index in [2.05, 4.69) is 16.0 Å². The topological polar surface area (TPSA) is 87.3 Å². The van der Waals surface area contributed by atoms with Crippen LogP contribution in [0.15, 0.2) is 53.4 Å². The highest BCUT2D eigenvalue weighted by molar-refractivity contribution is 7.98. The number of anilines is 2. The summed E-state index contributed by atoms with van der Waals surface area (Å²) in [5.41, 5.74) is 1.64. The van der Waals surface area contributed by atoms with Gasteiger partial charge in [0.15, 0.2) is 0 Å². The number of carbonyl (C=O) groups is 3. The van der Waals surface area contributed by atoms with E-state index in [1.54, 1.807) is 36.0 Å². The summed E-state index contributed by atoms with van der Waals surface area (Å²) in [6.45, 7) is 0. The molecule has 0 spiro atoms. The van der Waals surface area contributed by atoms with Gasteiger partial charge < -0.3 is 16.0 Å². The van der Waals surface area contributed by atoms with Crippen molar-refractivity contribution in [2.75, 3.05) is 16.9 Å². The Morgan fingerprint density at radius 1 is 1.12 bits per heavy atom. The number of amides is 3. The Hall–Kier alpha value is -2.80. The Labute approximate surface area is 155 Å². The molecule has 134 valence electrons. The first-order valence-corrected chi connectivity index (χ1v) is 9.44. The maximum Gasteiger partial charge on any atom is 0.254 e. The van der Waals surface area contributed by atoms with E-state index in [-0.39, 0.29) is 30.6 Å². The first kappa shape index (κ1) is 18.0. The van der Waals surface area contributed by atoms with Crippen LogP contribution < -0.4 is 16.0 Å². The molecule has 2 aromatic rings. The van der Waals surface area contributed by atoms with E-state index >= 15 is 0 Å². The van der Waals surface area contributed by atoms with Gasteiger partial charge in [-0.2, -0.15) is 0 Å². The molecular weight excluding hydrogens is 350 g/mol. The molecule has 0 fully saturated rings. The van der Waals surface area contributed by atoms with Crippen LogP contribution >= 0.6 is 11.8 Å². The molecule has 0 aromatic heterocycles. The third-order valence-corrected chi connectivity index (χ3v) is 4.89. The normalized spacial score (nSPS) is 16.1. The van der Waals surface area contributed by atoms with Crippen molar-refractivity contribution in [3.63, 3.8) is 0 Å². The van der Waals surface area contributed by atoms with Gasteiger partial charge in [0.05, 0.1) is 16.9 Å². The standard InChI is InChI=1S/C19H19N3O3S/c1-26-16-9-5-4-8-14(16)20-17(23)11-10-15-19(25)21-13-7-3-2-6-12(13)18(24)22-15/h2-9,15H,10-11H2,1H3,(H,20,23)(H,21,25)(H,22,24). The van der Waals surface area contributed by atoms with Crippen molar-refractivity contribution in [2.45, 2.75) is 23.8 Å². The van der Waals surface area contributed by atoms with Crippen molar-refractivity contribution in [3.8, 4) is 0 Å². The first-order chi connectivity index (χ1) is 12.6. The monoisotopic (exact) mass is 369 g/mol. The summed E-state index contributed by atoms with van der Waals surface area (Å²) in [5.74, 6) is -0.840. The van der Waals surface area contributed by atoms with Crippen molar-refractivity contribution in [3.05, 3.63) is 54.1 Å². The number of fused-ring (bicyclic) bond motifs is 1. The highest BCUT2D eigenvalue weighted by Crippen LogP contribution is 2.25. The molecule has 1 atom stereocenters. The lowest BCUT2D eigenvalue weighted by atomic mass is 10.1. The second kappa shape index (κ2) is 8.05. The van der Waals surface area contributed by atoms with Crippen LogP contribution in [0.5, 0.6) is 0 Å². The van der Waals surface area contributed by atoms with Crippen LogP contribution in [0.1, 0.15) is 23.2 Å². The number of carbonyl (C=O) groups excluding carboxylic acids is 3. The highest BCUT2D eigenvalue weighted by atomic mass is 32.2. The molecule has 0 radical (unpaired) electrons. The minimum Gasteiger partial charge on any atom is -0.340 e. The fraction of sp³-hybridized carbons (Fsp3) is 0.211. The maximum atomic E-state index is 12.3. The second-order valence-corrected chi connectivity index (χ2v) is 6.70. The molecule has 0 saturated heterocycles. The lowest BCUT2D eigenvalue weighted by molar-refractivity contribution is -0.118. The number of rotatable bonds is 5. The Kier molecular flexibility index (Phi) is 5.58. The van der Waals surface area contributed by atoms with Gasteiger partial charge in [0.2, 0.25) is 11.8 Å². The molecule has 1 aliphatic heterocycles. The van der Waals surface area contributed by atoms with E-state index in [1.807, 2.05) is 30.5 Å². The molecule has 1 aliphatic rings. The summed E-state index contributed by atoms with van der Waals surface area (Å²) >= 11 is 1.54. The fourth-order valence-corrected chi connectivity index (χ4v) is 3.30. The van der Waals surface area contributed by atoms with Crippen LogP contribution in [-0.4, -0.2) is 30.0 Å². The predicted octanol–water partition coefficient (Wildman–Crippen LogP) is 2.88. The Morgan fingerprint density at radius 3 is 2.65 bits per heavy atom. The van der Waals surface area contributed by atoms with Crippen molar-refractivity contribution in [2.24, 2.45) is 0 Å². The van der Waals surface area contributed by atoms with Gasteiger partial charge in [-0.1, -0.05) is 24.3 Å². The van der Waals surface area contributed by atoms with Crippen LogP contribution in [0, 0.1) is 0 Å². The van der Waals surface area contributed by atoms with E-state index in [0.717, 1.165) is 10.6 Å². The SMILES string of the molecule is CSc1ccccc1NC(=O)CCC1NC(=O)c2ccccc2NC1=O. The van der Waals surface area contributed by atoms with Gasteiger partial charge in [0.25, 0.3) is 5.91 Å². The Balaban J connectivity index is 1.62. The molecule has 2 aromatic carbocycles. The number of thioether (sulfide) groups is 1. The van der Waals surface area contributed by atoms with Crippen LogP contribution in [-0.2, 0) is 9.59 Å². The number of hydrogen-bond acceptors (Lipinski definition) is 4. The summed E-state index contributed by atoms with van der Waals surface area (Å²) in [4.78, 5) is 37.8. The molecule has 3 N–H and O–H groups in total. The minimum atomic E-state index is -0.753. The van der Waals surface area contributed by atoms with Crippen molar-refractivity contribution in [1.82, 2.24) is 5.32 Å². The third kappa shape index (κ3) is 4.05. The van der Waals surface area contributed by atoms with E-state index in [0.29, 0.717) is 11.3 Å². The lowest BCUT2D eigenvalue weighted by Crippen LogP contribution is -2.41. The zero-order valence-corrected chi connectivity index (χ0v) is 15.1. The molecule has 6 nitrogen and oxygen atoms in total. The van der Waals surface area contributed by atoms with Crippen LogP contribution in [0.4, 0.5) is 11.4 Å². The number of para-hydroxylation sites is 2. The molecule has 3 amide bonds. The molecule has 3 rings (SSSR count). The van der Waals surface area contributed by atoms with Crippen molar-refractivity contribution < 1.29 is 14.4 Å². The molecule has 0 bridgehead atoms. The quantitative estimate of drug-likeness (QED) is 0.707. The molecule has 7 heteroatoms. The first-order valence-electron chi connectivity index (χ1n) is 8.22. The molecule has 1 unspecified atom stereocenters. The van der Waals surface area contributed by atoms with Gasteiger partial charge in [-0.05, 0) is 36.9 Å². The molecule has 26 heavy (non-hydrogen) atoms. The van der Waals surface area contributed by atoms with Crippen LogP contribution in [0.3, 0.4) is 0 Å². The van der Waals surface area contributed by atoms with Gasteiger partial charge in [-0.25, -0.2) is 0 Å². The lowest BCUT2D eigenvalue weighted by Gasteiger charge is -2.15. The fourth-order valence-electron chi connectivity index (χ4n) is 2.75. The average Bonchev–Trinajstić information content (AvgIpc) is 2.77. The van der Waals surface area contributed by atoms with Crippen molar-refractivity contribution in [1.29, 1.82) is 0 Å². The second-order valence-electron chi connectivity index (χ2n) is 5.85. The number of benzene rings is 2. The molecule has 1 heterocycles. The summed E-state index contributed by atoms with van der Waals surface area (Å²) < 4.78 is 0. The summed E-state index contributed by atoms with van der Waals surface area (Å²) in [7, 11) is 0. The van der Waals surface area contributed by atoms with Gasteiger partial charge in [-0.15, -0.1) is 11.8 Å². The minimum absolute atomic E-state index is 0.122. The van der Waals surface area contributed by atoms with Gasteiger partial charge in [-0.3, -0.25) is 14.4 Å². The smallest absolute Gasteiger partial charge is 0.254 e. The average molecular weight is 369 g/mol. The van der Waals surface area contributed by atoms with E-state index in [4.69, 9.17) is 0 Å².